The first kappa shape index (κ1) is 10.1. The molecule has 0 bridgehead atoms. The van der Waals surface area contributed by atoms with Crippen molar-refractivity contribution < 1.29 is 9.59 Å². The Morgan fingerprint density at radius 2 is 2.00 bits per heavy atom. The van der Waals surface area contributed by atoms with Crippen molar-refractivity contribution in [1.29, 1.82) is 0 Å². The number of carbonyl (C=O) groups is 2. The summed E-state index contributed by atoms with van der Waals surface area (Å²) in [5.41, 5.74) is 0. The van der Waals surface area contributed by atoms with E-state index in [0.717, 1.165) is 24.9 Å². The molecule has 1 heterocycles. The predicted molar refractivity (Wildman–Crippen MR) is 52.1 cm³/mol. The topological polar surface area (TPSA) is 49.4 Å². The van der Waals surface area contributed by atoms with Crippen molar-refractivity contribution in [1.82, 2.24) is 10.2 Å². The number of nitrogens with zero attached hydrogens (tertiary/aromatic N) is 1. The van der Waals surface area contributed by atoms with E-state index >= 15 is 0 Å². The summed E-state index contributed by atoms with van der Waals surface area (Å²) < 4.78 is 0. The molecule has 0 unspecified atom stereocenters. The molecule has 1 aliphatic rings. The number of nitrogens with one attached hydrogen (secondary N) is 1. The highest BCUT2D eigenvalue weighted by atomic mass is 32.2. The Bertz CT molecular complexity index is 259. The van der Waals surface area contributed by atoms with Gasteiger partial charge in [0.25, 0.3) is 11.1 Å². The monoisotopic (exact) mass is 200 g/mol. The van der Waals surface area contributed by atoms with Gasteiger partial charge < -0.3 is 4.90 Å². The molecule has 0 spiro atoms. The Labute approximate surface area is 81.4 Å². The second-order valence-corrected chi connectivity index (χ2v) is 3.57. The van der Waals surface area contributed by atoms with Gasteiger partial charge in [0.15, 0.2) is 0 Å². The molecule has 0 aromatic heterocycles. The van der Waals surface area contributed by atoms with Gasteiger partial charge in [0.05, 0.1) is 4.91 Å². The van der Waals surface area contributed by atoms with Crippen LogP contribution in [-0.4, -0.2) is 29.1 Å². The van der Waals surface area contributed by atoms with E-state index in [4.69, 9.17) is 0 Å². The molecule has 1 fully saturated rings. The number of carbonyl (C=O) groups excluding carboxylic acids is 2. The van der Waals surface area contributed by atoms with E-state index < -0.39 is 0 Å². The lowest BCUT2D eigenvalue weighted by Crippen LogP contribution is -2.20. The Kier molecular flexibility index (Phi) is 3.36. The van der Waals surface area contributed by atoms with E-state index in [-0.39, 0.29) is 11.1 Å². The lowest BCUT2D eigenvalue weighted by Gasteiger charge is -2.14. The third-order valence-corrected chi connectivity index (χ3v) is 2.55. The first-order chi connectivity index (χ1) is 6.17. The van der Waals surface area contributed by atoms with Crippen LogP contribution in [0.1, 0.15) is 13.8 Å². The molecule has 0 saturated carbocycles. The minimum Gasteiger partial charge on any atom is -0.377 e. The second-order valence-electron chi connectivity index (χ2n) is 2.56. The summed E-state index contributed by atoms with van der Waals surface area (Å²) in [6, 6.07) is 0. The molecular formula is C8H12N2O2S. The van der Waals surface area contributed by atoms with Crippen LogP contribution in [0.2, 0.25) is 0 Å². The molecule has 1 N–H and O–H groups in total. The van der Waals surface area contributed by atoms with E-state index in [1.807, 2.05) is 18.7 Å². The minimum absolute atomic E-state index is 0.289. The van der Waals surface area contributed by atoms with Crippen molar-refractivity contribution in [2.24, 2.45) is 0 Å². The zero-order valence-corrected chi connectivity index (χ0v) is 8.48. The van der Waals surface area contributed by atoms with Gasteiger partial charge in [0, 0.05) is 19.3 Å². The highest BCUT2D eigenvalue weighted by Gasteiger charge is 2.25. The highest BCUT2D eigenvalue weighted by Crippen LogP contribution is 2.23. The van der Waals surface area contributed by atoms with Crippen molar-refractivity contribution >= 4 is 22.9 Å². The van der Waals surface area contributed by atoms with Crippen LogP contribution >= 0.6 is 11.8 Å². The third-order valence-electron chi connectivity index (χ3n) is 1.75. The normalized spacial score (nSPS) is 19.4. The van der Waals surface area contributed by atoms with Gasteiger partial charge in [-0.05, 0) is 25.6 Å². The third kappa shape index (κ3) is 2.48. The molecule has 72 valence electrons. The number of rotatable bonds is 3. The first-order valence-electron chi connectivity index (χ1n) is 4.16. The fourth-order valence-electron chi connectivity index (χ4n) is 0.983. The molecule has 0 radical (unpaired) electrons. The van der Waals surface area contributed by atoms with Gasteiger partial charge in [0.2, 0.25) is 0 Å². The lowest BCUT2D eigenvalue weighted by molar-refractivity contribution is -0.115. The van der Waals surface area contributed by atoms with Gasteiger partial charge in [-0.1, -0.05) is 0 Å². The average Bonchev–Trinajstić information content (AvgIpc) is 2.41. The number of imide groups is 1. The molecular weight excluding hydrogens is 188 g/mol. The average molecular weight is 200 g/mol. The van der Waals surface area contributed by atoms with Crippen LogP contribution in [0.15, 0.2) is 11.1 Å². The van der Waals surface area contributed by atoms with Gasteiger partial charge in [-0.25, -0.2) is 0 Å². The molecule has 4 nitrogen and oxygen atoms in total. The second kappa shape index (κ2) is 4.32. The smallest absolute Gasteiger partial charge is 0.290 e. The highest BCUT2D eigenvalue weighted by molar-refractivity contribution is 8.18. The Balaban J connectivity index is 2.70. The molecule has 1 aliphatic heterocycles. The van der Waals surface area contributed by atoms with Gasteiger partial charge in [-0.2, -0.15) is 0 Å². The first-order valence-corrected chi connectivity index (χ1v) is 4.98. The van der Waals surface area contributed by atoms with E-state index in [9.17, 15) is 9.59 Å². The fraction of sp³-hybridized carbons (Fsp3) is 0.500. The van der Waals surface area contributed by atoms with E-state index in [1.54, 1.807) is 6.20 Å². The SMILES string of the molecule is CCN(/C=C1\SC(=O)NC1=O)CC. The van der Waals surface area contributed by atoms with E-state index in [0.29, 0.717) is 4.91 Å². The Morgan fingerprint density at radius 1 is 1.38 bits per heavy atom. The van der Waals surface area contributed by atoms with Crippen LogP contribution in [0, 0.1) is 0 Å². The molecule has 13 heavy (non-hydrogen) atoms. The number of thioether (sulfide) groups is 1. The summed E-state index contributed by atoms with van der Waals surface area (Å²) in [6.45, 7) is 5.67. The quantitative estimate of drug-likeness (QED) is 0.694. The largest absolute Gasteiger partial charge is 0.377 e. The van der Waals surface area contributed by atoms with Crippen LogP contribution < -0.4 is 5.32 Å². The van der Waals surface area contributed by atoms with E-state index in [2.05, 4.69) is 5.32 Å². The maximum absolute atomic E-state index is 11.1. The summed E-state index contributed by atoms with van der Waals surface area (Å²) in [5.74, 6) is -0.290. The molecule has 1 saturated heterocycles. The maximum atomic E-state index is 11.1. The van der Waals surface area contributed by atoms with Gasteiger partial charge in [-0.3, -0.25) is 14.9 Å². The summed E-state index contributed by atoms with van der Waals surface area (Å²) in [7, 11) is 0. The van der Waals surface area contributed by atoms with Gasteiger partial charge in [-0.15, -0.1) is 0 Å². The van der Waals surface area contributed by atoms with Crippen molar-refractivity contribution in [2.45, 2.75) is 13.8 Å². The van der Waals surface area contributed by atoms with Crippen molar-refractivity contribution in [3.05, 3.63) is 11.1 Å². The minimum atomic E-state index is -0.290. The standard InChI is InChI=1S/C8H12N2O2S/c1-3-10(4-2)5-6-7(11)9-8(12)13-6/h5H,3-4H2,1-2H3,(H,9,11,12)/b6-5-. The number of hydrogen-bond acceptors (Lipinski definition) is 4. The number of amides is 2. The maximum Gasteiger partial charge on any atom is 0.290 e. The molecule has 0 aromatic carbocycles. The fourth-order valence-corrected chi connectivity index (χ4v) is 1.67. The van der Waals surface area contributed by atoms with Gasteiger partial charge >= 0.3 is 0 Å². The lowest BCUT2D eigenvalue weighted by atomic mass is 10.5. The van der Waals surface area contributed by atoms with Gasteiger partial charge in [0.1, 0.15) is 0 Å². The van der Waals surface area contributed by atoms with Crippen molar-refractivity contribution in [3.8, 4) is 0 Å². The van der Waals surface area contributed by atoms with Crippen LogP contribution in [-0.2, 0) is 4.79 Å². The summed E-state index contributed by atoms with van der Waals surface area (Å²) in [4.78, 5) is 24.4. The predicted octanol–water partition coefficient (Wildman–Crippen LogP) is 1.15. The van der Waals surface area contributed by atoms with Crippen LogP contribution in [0.25, 0.3) is 0 Å². The molecule has 5 heteroatoms. The van der Waals surface area contributed by atoms with Crippen molar-refractivity contribution in [2.75, 3.05) is 13.1 Å². The number of hydrogen-bond donors (Lipinski definition) is 1. The zero-order chi connectivity index (χ0) is 9.84. The Morgan fingerprint density at radius 3 is 2.38 bits per heavy atom. The molecule has 0 atom stereocenters. The molecule has 0 aliphatic carbocycles. The summed E-state index contributed by atoms with van der Waals surface area (Å²) >= 11 is 0.953. The van der Waals surface area contributed by atoms with Crippen molar-refractivity contribution in [3.63, 3.8) is 0 Å². The van der Waals surface area contributed by atoms with Crippen LogP contribution in [0.5, 0.6) is 0 Å². The Hall–Kier alpha value is -0.970. The molecule has 1 rings (SSSR count). The zero-order valence-electron chi connectivity index (χ0n) is 7.66. The summed E-state index contributed by atoms with van der Waals surface area (Å²) in [5, 5.41) is 1.92. The van der Waals surface area contributed by atoms with Crippen LogP contribution in [0.4, 0.5) is 4.79 Å². The molecule has 0 aromatic rings. The van der Waals surface area contributed by atoms with Crippen LogP contribution in [0.3, 0.4) is 0 Å². The molecule has 2 amide bonds. The summed E-state index contributed by atoms with van der Waals surface area (Å²) in [6.07, 6.45) is 1.73. The van der Waals surface area contributed by atoms with E-state index in [1.165, 1.54) is 0 Å².